The molecule has 0 saturated heterocycles. The number of unbranched alkanes of at least 4 members (excludes halogenated alkanes) is 1. The maximum Gasteiger partial charge on any atom is 0.337 e. The van der Waals surface area contributed by atoms with Crippen LogP contribution in [0.5, 0.6) is 0 Å². The van der Waals surface area contributed by atoms with E-state index >= 15 is 0 Å². The van der Waals surface area contributed by atoms with Gasteiger partial charge in [0, 0.05) is 13.1 Å². The van der Waals surface area contributed by atoms with Crippen LogP contribution in [0, 0.1) is 0 Å². The molecule has 1 aromatic carbocycles. The van der Waals surface area contributed by atoms with Crippen LogP contribution in [0.2, 0.25) is 0 Å². The second-order valence-electron chi connectivity index (χ2n) is 7.83. The van der Waals surface area contributed by atoms with Crippen molar-refractivity contribution in [1.82, 2.24) is 20.2 Å². The maximum absolute atomic E-state index is 12.9. The van der Waals surface area contributed by atoms with Crippen molar-refractivity contribution in [3.63, 3.8) is 0 Å². The molecule has 182 valence electrons. The number of esters is 1. The number of carbonyl (C=O) groups excluding carboxylic acids is 2. The summed E-state index contributed by atoms with van der Waals surface area (Å²) >= 11 is 0. The third kappa shape index (κ3) is 5.66. The highest BCUT2D eigenvalue weighted by atomic mass is 16.5. The second kappa shape index (κ2) is 11.2. The van der Waals surface area contributed by atoms with Gasteiger partial charge < -0.3 is 26.0 Å². The molecule has 11 heteroatoms. The van der Waals surface area contributed by atoms with Crippen molar-refractivity contribution in [3.05, 3.63) is 68.0 Å². The lowest BCUT2D eigenvalue weighted by Gasteiger charge is -2.30. The van der Waals surface area contributed by atoms with Gasteiger partial charge in [0.15, 0.2) is 0 Å². The summed E-state index contributed by atoms with van der Waals surface area (Å²) in [5.41, 5.74) is 6.61. The van der Waals surface area contributed by atoms with E-state index in [1.54, 1.807) is 11.8 Å². The number of urea groups is 1. The molecule has 2 aromatic rings. The zero-order valence-corrected chi connectivity index (χ0v) is 19.3. The Bertz CT molecular complexity index is 1180. The van der Waals surface area contributed by atoms with Crippen molar-refractivity contribution in [2.75, 3.05) is 30.3 Å². The van der Waals surface area contributed by atoms with Crippen LogP contribution in [-0.4, -0.2) is 41.2 Å². The van der Waals surface area contributed by atoms with Gasteiger partial charge in [-0.3, -0.25) is 14.3 Å². The largest absolute Gasteiger partial charge is 0.463 e. The van der Waals surface area contributed by atoms with E-state index in [0.717, 1.165) is 12.0 Å². The van der Waals surface area contributed by atoms with Crippen LogP contribution in [0.25, 0.3) is 0 Å². The Morgan fingerprint density at radius 3 is 2.56 bits per heavy atom. The number of ether oxygens (including phenoxy) is 1. The second-order valence-corrected chi connectivity index (χ2v) is 7.83. The first-order valence-corrected chi connectivity index (χ1v) is 11.2. The molecule has 0 saturated carbocycles. The summed E-state index contributed by atoms with van der Waals surface area (Å²) in [6.45, 7) is 4.40. The van der Waals surface area contributed by atoms with Gasteiger partial charge in [-0.25, -0.2) is 14.4 Å². The maximum atomic E-state index is 12.9. The Balaban J connectivity index is 2.11. The highest BCUT2D eigenvalue weighted by Crippen LogP contribution is 2.22. The Kier molecular flexibility index (Phi) is 8.12. The molecule has 1 aliphatic rings. The summed E-state index contributed by atoms with van der Waals surface area (Å²) in [7, 11) is 0. The number of aromatic nitrogens is 2. The monoisotopic (exact) mass is 470 g/mol. The summed E-state index contributed by atoms with van der Waals surface area (Å²) in [5, 5.41) is 5.22. The van der Waals surface area contributed by atoms with Crippen LogP contribution < -0.4 is 32.5 Å². The molecule has 0 bridgehead atoms. The quantitative estimate of drug-likeness (QED) is 0.379. The fraction of sp³-hybridized carbons (Fsp3) is 0.391. The van der Waals surface area contributed by atoms with Crippen molar-refractivity contribution < 1.29 is 14.3 Å². The van der Waals surface area contributed by atoms with Gasteiger partial charge in [0.1, 0.15) is 11.5 Å². The third-order valence-corrected chi connectivity index (χ3v) is 5.41. The molecule has 1 aliphatic heterocycles. The number of hydrogen-bond acceptors (Lipinski definition) is 7. The molecule has 0 aliphatic carbocycles. The Hall–Kier alpha value is -4.02. The van der Waals surface area contributed by atoms with E-state index in [-0.39, 0.29) is 43.3 Å². The van der Waals surface area contributed by atoms with Gasteiger partial charge in [-0.05, 0) is 18.9 Å². The first kappa shape index (κ1) is 24.6. The number of nitrogens with two attached hydrogens (primary N) is 1. The van der Waals surface area contributed by atoms with Crippen molar-refractivity contribution in [3.8, 4) is 0 Å². The molecule has 2 heterocycles. The Morgan fingerprint density at radius 2 is 1.88 bits per heavy atom. The van der Waals surface area contributed by atoms with Crippen molar-refractivity contribution in [1.29, 1.82) is 0 Å². The average Bonchev–Trinajstić information content (AvgIpc) is 2.79. The van der Waals surface area contributed by atoms with Crippen LogP contribution in [0.4, 0.5) is 16.3 Å². The summed E-state index contributed by atoms with van der Waals surface area (Å²) in [6, 6.07) is 8.88. The number of hydrogen-bond donors (Lipinski definition) is 4. The number of aromatic amines is 1. The predicted octanol–water partition coefficient (Wildman–Crippen LogP) is 1.06. The molecule has 0 fully saturated rings. The SMILES string of the molecule is CCCCn1c(N)c(N(CC2=C(C(=O)OCC)CNC(=O)N2)Cc2ccccc2)c(=O)[nH]c1=O. The fourth-order valence-corrected chi connectivity index (χ4v) is 3.71. The number of nitrogens with one attached hydrogen (secondary N) is 3. The van der Waals surface area contributed by atoms with E-state index in [0.29, 0.717) is 18.7 Å². The summed E-state index contributed by atoms with van der Waals surface area (Å²) in [6.07, 6.45) is 1.54. The third-order valence-electron chi connectivity index (χ3n) is 5.41. The smallest absolute Gasteiger partial charge is 0.337 e. The first-order chi connectivity index (χ1) is 16.3. The molecule has 1 aromatic heterocycles. The summed E-state index contributed by atoms with van der Waals surface area (Å²) < 4.78 is 6.47. The molecular weight excluding hydrogens is 440 g/mol. The topological polar surface area (TPSA) is 152 Å². The minimum Gasteiger partial charge on any atom is -0.463 e. The van der Waals surface area contributed by atoms with Crippen molar-refractivity contribution >= 4 is 23.5 Å². The van der Waals surface area contributed by atoms with E-state index < -0.39 is 23.2 Å². The van der Waals surface area contributed by atoms with Gasteiger partial charge in [-0.15, -0.1) is 0 Å². The van der Waals surface area contributed by atoms with Gasteiger partial charge in [0.2, 0.25) is 0 Å². The number of anilines is 2. The number of H-pyrrole nitrogens is 1. The molecular formula is C23H30N6O5. The van der Waals surface area contributed by atoms with E-state index in [2.05, 4.69) is 15.6 Å². The fourth-order valence-electron chi connectivity index (χ4n) is 3.71. The average molecular weight is 471 g/mol. The molecule has 0 unspecified atom stereocenters. The Morgan fingerprint density at radius 1 is 1.15 bits per heavy atom. The van der Waals surface area contributed by atoms with Crippen LogP contribution in [0.3, 0.4) is 0 Å². The molecule has 34 heavy (non-hydrogen) atoms. The molecule has 2 amide bonds. The lowest BCUT2D eigenvalue weighted by Crippen LogP contribution is -2.48. The van der Waals surface area contributed by atoms with E-state index in [9.17, 15) is 19.2 Å². The van der Waals surface area contributed by atoms with Gasteiger partial charge >= 0.3 is 17.7 Å². The molecule has 5 N–H and O–H groups in total. The number of carbonyl (C=O) groups is 2. The van der Waals surface area contributed by atoms with Gasteiger partial charge in [0.25, 0.3) is 5.56 Å². The van der Waals surface area contributed by atoms with E-state index in [1.165, 1.54) is 4.57 Å². The standard InChI is InChI=1S/C23H30N6O5/c1-3-5-11-29-19(24)18(20(30)27-23(29)33)28(13-15-9-7-6-8-10-15)14-17-16(21(31)34-4-2)12-25-22(32)26-17/h6-10H,3-5,11-14,24H2,1-2H3,(H2,25,26,32)(H,27,30,33). The summed E-state index contributed by atoms with van der Waals surface area (Å²) in [5.74, 6) is -0.545. The molecule has 0 spiro atoms. The van der Waals surface area contributed by atoms with Gasteiger partial charge in [-0.2, -0.15) is 0 Å². The van der Waals surface area contributed by atoms with Crippen LogP contribution in [0.1, 0.15) is 32.3 Å². The predicted molar refractivity (Wildman–Crippen MR) is 128 cm³/mol. The number of benzene rings is 1. The Labute approximate surface area is 196 Å². The number of rotatable bonds is 10. The number of amides is 2. The molecule has 0 atom stereocenters. The number of nitrogen functional groups attached to an aromatic ring is 1. The minimum absolute atomic E-state index is 0.0129. The summed E-state index contributed by atoms with van der Waals surface area (Å²) in [4.78, 5) is 53.9. The first-order valence-electron chi connectivity index (χ1n) is 11.2. The molecule has 3 rings (SSSR count). The molecule has 11 nitrogen and oxygen atoms in total. The van der Waals surface area contributed by atoms with Crippen molar-refractivity contribution in [2.24, 2.45) is 0 Å². The van der Waals surface area contributed by atoms with Crippen LogP contribution in [0.15, 0.2) is 51.2 Å². The van der Waals surface area contributed by atoms with Gasteiger partial charge in [0.05, 0.1) is 31.0 Å². The normalized spacial score (nSPS) is 13.3. The van der Waals surface area contributed by atoms with Crippen LogP contribution in [-0.2, 0) is 22.6 Å². The zero-order valence-electron chi connectivity index (χ0n) is 19.3. The molecule has 0 radical (unpaired) electrons. The lowest BCUT2D eigenvalue weighted by molar-refractivity contribution is -0.138. The highest BCUT2D eigenvalue weighted by molar-refractivity contribution is 5.94. The zero-order chi connectivity index (χ0) is 24.7. The minimum atomic E-state index is -0.648. The highest BCUT2D eigenvalue weighted by Gasteiger charge is 2.27. The van der Waals surface area contributed by atoms with Gasteiger partial charge in [-0.1, -0.05) is 43.7 Å². The van der Waals surface area contributed by atoms with Crippen LogP contribution >= 0.6 is 0 Å². The van der Waals surface area contributed by atoms with E-state index in [1.807, 2.05) is 37.3 Å². The van der Waals surface area contributed by atoms with E-state index in [4.69, 9.17) is 10.5 Å². The lowest BCUT2D eigenvalue weighted by atomic mass is 10.1. The van der Waals surface area contributed by atoms with Crippen molar-refractivity contribution in [2.45, 2.75) is 39.8 Å². The number of nitrogens with zero attached hydrogens (tertiary/aromatic N) is 2.